The zero-order valence-corrected chi connectivity index (χ0v) is 25.3. The minimum Gasteiger partial charge on any atom is -0.477 e. The zero-order chi connectivity index (χ0) is 26.7. The van der Waals surface area contributed by atoms with Crippen molar-refractivity contribution in [2.75, 3.05) is 19.0 Å². The molecule has 0 saturated carbocycles. The summed E-state index contributed by atoms with van der Waals surface area (Å²) in [7, 11) is 4.09. The molecule has 0 aliphatic heterocycles. The summed E-state index contributed by atoms with van der Waals surface area (Å²) in [4.78, 5) is 25.2. The topological polar surface area (TPSA) is 66.3 Å². The van der Waals surface area contributed by atoms with Gasteiger partial charge in [0.05, 0.1) is 0 Å². The molecule has 2 heterocycles. The van der Waals surface area contributed by atoms with Crippen LogP contribution >= 0.6 is 23.5 Å². The summed E-state index contributed by atoms with van der Waals surface area (Å²) >= 11 is 3.50. The van der Waals surface area contributed by atoms with Gasteiger partial charge in [-0.25, -0.2) is 9.78 Å². The molecule has 8 heteroatoms. The van der Waals surface area contributed by atoms with Gasteiger partial charge < -0.3 is 15.0 Å². The molecule has 0 spiro atoms. The van der Waals surface area contributed by atoms with Crippen LogP contribution in [0.5, 0.6) is 0 Å². The molecule has 0 atom stereocenters. The van der Waals surface area contributed by atoms with E-state index in [-0.39, 0.29) is 25.8 Å². The molecule has 0 amide bonds. The molecule has 1 radical (unpaired) electrons. The van der Waals surface area contributed by atoms with Gasteiger partial charge in [0.2, 0.25) is 0 Å². The van der Waals surface area contributed by atoms with Crippen LogP contribution in [0.3, 0.4) is 0 Å². The first kappa shape index (κ1) is 30.1. The maximum absolute atomic E-state index is 10.1. The Kier molecular flexibility index (Phi) is 11.8. The van der Waals surface area contributed by atoms with Crippen LogP contribution in [-0.4, -0.2) is 35.1 Å². The molecule has 5 nitrogen and oxygen atoms in total. The van der Waals surface area contributed by atoms with E-state index in [0.29, 0.717) is 0 Å². The van der Waals surface area contributed by atoms with Crippen LogP contribution in [0, 0.1) is 6.07 Å². The number of carbonyl (C=O) groups is 1. The van der Waals surface area contributed by atoms with E-state index in [1.165, 1.54) is 26.9 Å². The summed E-state index contributed by atoms with van der Waals surface area (Å²) in [5.41, 5.74) is 3.17. The molecule has 39 heavy (non-hydrogen) atoms. The summed E-state index contributed by atoms with van der Waals surface area (Å²) < 4.78 is 0. The van der Waals surface area contributed by atoms with E-state index in [4.69, 9.17) is 5.11 Å². The fourth-order valence-corrected chi connectivity index (χ4v) is 5.29. The van der Waals surface area contributed by atoms with Crippen LogP contribution in [0.15, 0.2) is 135 Å². The zero-order valence-electron chi connectivity index (χ0n) is 21.3. The molecule has 0 aliphatic carbocycles. The maximum atomic E-state index is 10.1. The van der Waals surface area contributed by atoms with Gasteiger partial charge >= 0.3 is 5.97 Å². The molecule has 0 saturated heterocycles. The Balaban J connectivity index is 0.000000359. The average molecular weight is 729 g/mol. The standard InChI is InChI=1S/C25H21N2S2.C6H5NO2.Ir/c1-27(2)19-15-16-26-24(17-19)23-14-13-22(28-20-9-5-3-6-10-20)18-25(23)29-21-11-7-4-8-12-21;8-6(9)5-3-1-2-4-7-5;/h3-13,15-18H,1-2H3;1-4H,(H,8,9);/q-1;;. The third-order valence-electron chi connectivity index (χ3n) is 5.23. The first-order chi connectivity index (χ1) is 18.5. The predicted molar refractivity (Wildman–Crippen MR) is 155 cm³/mol. The molecule has 0 fully saturated rings. The number of aromatic nitrogens is 2. The summed E-state index contributed by atoms with van der Waals surface area (Å²) in [6, 6.07) is 37.6. The summed E-state index contributed by atoms with van der Waals surface area (Å²) in [6.45, 7) is 0. The monoisotopic (exact) mass is 729 g/mol. The van der Waals surface area contributed by atoms with Crippen molar-refractivity contribution in [3.63, 3.8) is 0 Å². The molecule has 199 valence electrons. The van der Waals surface area contributed by atoms with Crippen LogP contribution in [0.4, 0.5) is 5.69 Å². The Morgan fingerprint density at radius 1 is 0.769 bits per heavy atom. The number of aromatic carboxylic acids is 1. The third kappa shape index (κ3) is 9.08. The molecule has 5 aromatic rings. The number of pyridine rings is 2. The number of hydrogen-bond donors (Lipinski definition) is 1. The minimum absolute atomic E-state index is 0. The molecule has 0 bridgehead atoms. The second-order valence-electron chi connectivity index (χ2n) is 8.22. The fraction of sp³-hybridized carbons (Fsp3) is 0.0645. The quantitative estimate of drug-likeness (QED) is 0.173. The molecule has 0 unspecified atom stereocenters. The van der Waals surface area contributed by atoms with E-state index in [1.807, 2.05) is 38.5 Å². The first-order valence-corrected chi connectivity index (χ1v) is 13.4. The van der Waals surface area contributed by atoms with Crippen molar-refractivity contribution < 1.29 is 30.0 Å². The minimum atomic E-state index is -0.990. The van der Waals surface area contributed by atoms with Gasteiger partial charge in [0, 0.05) is 62.1 Å². The van der Waals surface area contributed by atoms with Crippen molar-refractivity contribution in [2.45, 2.75) is 19.6 Å². The Labute approximate surface area is 251 Å². The van der Waals surface area contributed by atoms with Gasteiger partial charge in [0.1, 0.15) is 5.69 Å². The first-order valence-electron chi connectivity index (χ1n) is 11.8. The van der Waals surface area contributed by atoms with Crippen molar-refractivity contribution in [1.29, 1.82) is 0 Å². The smallest absolute Gasteiger partial charge is 0.354 e. The van der Waals surface area contributed by atoms with Gasteiger partial charge in [-0.05, 0) is 48.2 Å². The molecule has 3 aromatic carbocycles. The predicted octanol–water partition coefficient (Wildman–Crippen LogP) is 7.69. The van der Waals surface area contributed by atoms with E-state index in [9.17, 15) is 4.79 Å². The number of nitrogens with zero attached hydrogens (tertiary/aromatic N) is 3. The van der Waals surface area contributed by atoms with Gasteiger partial charge in [-0.1, -0.05) is 58.3 Å². The summed E-state index contributed by atoms with van der Waals surface area (Å²) in [5, 5.41) is 8.32. The number of rotatable bonds is 7. The van der Waals surface area contributed by atoms with Crippen LogP contribution in [-0.2, 0) is 20.1 Å². The SMILES string of the molecule is CN(C)c1ccnc(-c2[c-]cc(Sc3ccccc3)cc2Sc2ccccc2)c1.O=C(O)c1ccccn1.[Ir]. The molecule has 1 N–H and O–H groups in total. The van der Waals surface area contributed by atoms with Crippen LogP contribution in [0.1, 0.15) is 10.5 Å². The number of benzene rings is 3. The van der Waals surface area contributed by atoms with E-state index in [2.05, 4.69) is 87.7 Å². The Morgan fingerprint density at radius 3 is 1.97 bits per heavy atom. The normalized spacial score (nSPS) is 10.0. The number of anilines is 1. The van der Waals surface area contributed by atoms with Gasteiger partial charge in [0.25, 0.3) is 0 Å². The van der Waals surface area contributed by atoms with Crippen LogP contribution in [0.2, 0.25) is 0 Å². The Bertz CT molecular complexity index is 1470. The van der Waals surface area contributed by atoms with Crippen LogP contribution < -0.4 is 4.90 Å². The molecule has 0 aliphatic rings. The second kappa shape index (κ2) is 15.2. The van der Waals surface area contributed by atoms with Gasteiger partial charge in [-0.15, -0.1) is 47.3 Å². The number of carboxylic acid groups (broad SMARTS) is 1. The molecule has 5 rings (SSSR count). The largest absolute Gasteiger partial charge is 0.477 e. The van der Waals surface area contributed by atoms with E-state index in [1.54, 1.807) is 35.7 Å². The van der Waals surface area contributed by atoms with E-state index >= 15 is 0 Å². The second-order valence-corrected chi connectivity index (χ2v) is 10.5. The molecule has 2 aromatic heterocycles. The summed E-state index contributed by atoms with van der Waals surface area (Å²) in [6.07, 6.45) is 3.31. The average Bonchev–Trinajstić information content (AvgIpc) is 2.95. The van der Waals surface area contributed by atoms with E-state index < -0.39 is 5.97 Å². The Morgan fingerprint density at radius 2 is 1.41 bits per heavy atom. The van der Waals surface area contributed by atoms with Gasteiger partial charge in [-0.2, -0.15) is 0 Å². The number of carboxylic acids is 1. The van der Waals surface area contributed by atoms with Gasteiger partial charge in [0.15, 0.2) is 0 Å². The van der Waals surface area contributed by atoms with Crippen molar-refractivity contribution in [3.05, 3.63) is 127 Å². The molecular formula is C31H26IrN3O2S2-. The summed E-state index contributed by atoms with van der Waals surface area (Å²) in [5.74, 6) is -0.990. The van der Waals surface area contributed by atoms with Crippen molar-refractivity contribution >= 4 is 35.2 Å². The van der Waals surface area contributed by atoms with Gasteiger partial charge in [-0.3, -0.25) is 0 Å². The van der Waals surface area contributed by atoms with Crippen molar-refractivity contribution in [3.8, 4) is 11.3 Å². The van der Waals surface area contributed by atoms with Crippen molar-refractivity contribution in [2.24, 2.45) is 0 Å². The van der Waals surface area contributed by atoms with Crippen molar-refractivity contribution in [1.82, 2.24) is 9.97 Å². The molecular weight excluding hydrogens is 703 g/mol. The maximum Gasteiger partial charge on any atom is 0.354 e. The van der Waals surface area contributed by atoms with Crippen LogP contribution in [0.25, 0.3) is 11.3 Å². The van der Waals surface area contributed by atoms with E-state index in [0.717, 1.165) is 21.8 Å². The number of hydrogen-bond acceptors (Lipinski definition) is 6. The third-order valence-corrected chi connectivity index (χ3v) is 7.26. The Hall–Kier alpha value is -3.42. The fourth-order valence-electron chi connectivity index (χ4n) is 3.36.